The van der Waals surface area contributed by atoms with Gasteiger partial charge in [0.2, 0.25) is 11.8 Å². The molecule has 1 aromatic heterocycles. The number of nitrogens with one attached hydrogen (secondary N) is 2. The maximum atomic E-state index is 12.8. The Hall–Kier alpha value is -2.67. The van der Waals surface area contributed by atoms with E-state index in [9.17, 15) is 14.4 Å². The number of carbonyl (C=O) groups is 3. The molecule has 0 unspecified atom stereocenters. The van der Waals surface area contributed by atoms with Crippen LogP contribution in [0.5, 0.6) is 0 Å². The van der Waals surface area contributed by atoms with Gasteiger partial charge in [0.15, 0.2) is 0 Å². The lowest BCUT2D eigenvalue weighted by atomic mass is 9.96. The molecule has 0 bridgehead atoms. The van der Waals surface area contributed by atoms with Crippen molar-refractivity contribution in [2.75, 3.05) is 22.1 Å². The van der Waals surface area contributed by atoms with Gasteiger partial charge in [-0.15, -0.1) is 11.3 Å². The first kappa shape index (κ1) is 21.0. The van der Waals surface area contributed by atoms with Crippen molar-refractivity contribution in [2.24, 2.45) is 5.41 Å². The van der Waals surface area contributed by atoms with E-state index in [0.29, 0.717) is 22.0 Å². The van der Waals surface area contributed by atoms with Crippen LogP contribution in [0.15, 0.2) is 24.3 Å². The standard InChI is InChI=1S/C22H27N3O3S/c1-13-11-15(8-9-16(13)25-10-6-7-18(25)26)23-20(27)19-14(2)12-17(29-19)24-21(28)22(3,4)5/h8-9,11-12H,6-7,10H2,1-5H3,(H,23,27)(H,24,28). The summed E-state index contributed by atoms with van der Waals surface area (Å²) in [4.78, 5) is 39.3. The van der Waals surface area contributed by atoms with Crippen molar-refractivity contribution in [3.63, 3.8) is 0 Å². The maximum Gasteiger partial charge on any atom is 0.266 e. The first-order valence-corrected chi connectivity index (χ1v) is 10.5. The normalized spacial score (nSPS) is 14.2. The van der Waals surface area contributed by atoms with Crippen molar-refractivity contribution < 1.29 is 14.4 Å². The molecular weight excluding hydrogens is 386 g/mol. The molecule has 0 saturated carbocycles. The molecule has 0 atom stereocenters. The minimum Gasteiger partial charge on any atom is -0.321 e. The molecule has 1 aliphatic rings. The highest BCUT2D eigenvalue weighted by atomic mass is 32.1. The van der Waals surface area contributed by atoms with Crippen LogP contribution in [0.1, 0.15) is 54.4 Å². The molecule has 0 radical (unpaired) electrons. The highest BCUT2D eigenvalue weighted by Gasteiger charge is 2.24. The summed E-state index contributed by atoms with van der Waals surface area (Å²) in [6.45, 7) is 10.1. The fraction of sp³-hybridized carbons (Fsp3) is 0.409. The summed E-state index contributed by atoms with van der Waals surface area (Å²) in [6.07, 6.45) is 1.46. The summed E-state index contributed by atoms with van der Waals surface area (Å²) < 4.78 is 0. The number of thiophene rings is 1. The zero-order chi connectivity index (χ0) is 21.3. The number of anilines is 3. The van der Waals surface area contributed by atoms with Gasteiger partial charge in [-0.3, -0.25) is 14.4 Å². The molecule has 6 nitrogen and oxygen atoms in total. The summed E-state index contributed by atoms with van der Waals surface area (Å²) in [5.74, 6) is -0.162. The van der Waals surface area contributed by atoms with E-state index in [2.05, 4.69) is 10.6 Å². The molecule has 2 aromatic rings. The first-order chi connectivity index (χ1) is 13.6. The van der Waals surface area contributed by atoms with Crippen LogP contribution in [0, 0.1) is 19.3 Å². The summed E-state index contributed by atoms with van der Waals surface area (Å²) in [5.41, 5.74) is 2.82. The van der Waals surface area contributed by atoms with Crippen molar-refractivity contribution in [1.29, 1.82) is 0 Å². The summed E-state index contributed by atoms with van der Waals surface area (Å²) >= 11 is 1.26. The summed E-state index contributed by atoms with van der Waals surface area (Å²) in [7, 11) is 0. The molecule has 154 valence electrons. The predicted octanol–water partition coefficient (Wildman–Crippen LogP) is 4.73. The van der Waals surface area contributed by atoms with Gasteiger partial charge in [0.25, 0.3) is 5.91 Å². The highest BCUT2D eigenvalue weighted by molar-refractivity contribution is 7.18. The third kappa shape index (κ3) is 4.67. The van der Waals surface area contributed by atoms with Gasteiger partial charge >= 0.3 is 0 Å². The Morgan fingerprint density at radius 2 is 1.79 bits per heavy atom. The Balaban J connectivity index is 1.73. The summed E-state index contributed by atoms with van der Waals surface area (Å²) in [5, 5.41) is 6.46. The second-order valence-electron chi connectivity index (χ2n) is 8.43. The average Bonchev–Trinajstić information content (AvgIpc) is 3.20. The van der Waals surface area contributed by atoms with Gasteiger partial charge in [-0.2, -0.15) is 0 Å². The maximum absolute atomic E-state index is 12.8. The Kier molecular flexibility index (Phi) is 5.80. The second kappa shape index (κ2) is 7.99. The Bertz CT molecular complexity index is 972. The number of rotatable bonds is 4. The molecule has 0 spiro atoms. The Morgan fingerprint density at radius 1 is 1.07 bits per heavy atom. The van der Waals surface area contributed by atoms with Crippen LogP contribution in [0.3, 0.4) is 0 Å². The van der Waals surface area contributed by atoms with Gasteiger partial charge in [-0.25, -0.2) is 0 Å². The lowest BCUT2D eigenvalue weighted by Crippen LogP contribution is -2.27. The SMILES string of the molecule is Cc1cc(NC(=O)c2sc(NC(=O)C(C)(C)C)cc2C)ccc1N1CCCC1=O. The van der Waals surface area contributed by atoms with Crippen molar-refractivity contribution in [1.82, 2.24) is 0 Å². The predicted molar refractivity (Wildman–Crippen MR) is 118 cm³/mol. The molecule has 29 heavy (non-hydrogen) atoms. The number of benzene rings is 1. The fourth-order valence-corrected chi connectivity index (χ4v) is 4.16. The topological polar surface area (TPSA) is 78.5 Å². The van der Waals surface area contributed by atoms with Gasteiger partial charge < -0.3 is 15.5 Å². The molecule has 7 heteroatoms. The van der Waals surface area contributed by atoms with E-state index in [4.69, 9.17) is 0 Å². The van der Waals surface area contributed by atoms with Crippen LogP contribution in [0.4, 0.5) is 16.4 Å². The van der Waals surface area contributed by atoms with Gasteiger partial charge in [0, 0.05) is 29.8 Å². The molecule has 3 amide bonds. The third-order valence-corrected chi connectivity index (χ3v) is 6.01. The quantitative estimate of drug-likeness (QED) is 0.761. The molecule has 1 saturated heterocycles. The Labute approximate surface area is 175 Å². The molecule has 1 aromatic carbocycles. The second-order valence-corrected chi connectivity index (χ2v) is 9.48. The summed E-state index contributed by atoms with van der Waals surface area (Å²) in [6, 6.07) is 7.39. The van der Waals surface area contributed by atoms with Crippen molar-refractivity contribution in [3.8, 4) is 0 Å². The van der Waals surface area contributed by atoms with Gasteiger partial charge in [-0.05, 0) is 55.7 Å². The van der Waals surface area contributed by atoms with E-state index in [0.717, 1.165) is 29.8 Å². The van der Waals surface area contributed by atoms with Crippen molar-refractivity contribution >= 4 is 45.4 Å². The van der Waals surface area contributed by atoms with Gasteiger partial charge in [0.05, 0.1) is 9.88 Å². The molecular formula is C22H27N3O3S. The molecule has 0 aliphatic carbocycles. The minimum atomic E-state index is -0.504. The smallest absolute Gasteiger partial charge is 0.266 e. The van der Waals surface area contributed by atoms with E-state index in [-0.39, 0.29) is 17.7 Å². The first-order valence-electron chi connectivity index (χ1n) is 9.70. The van der Waals surface area contributed by atoms with Crippen LogP contribution in [0.25, 0.3) is 0 Å². The van der Waals surface area contributed by atoms with Gasteiger partial charge in [0.1, 0.15) is 0 Å². The fourth-order valence-electron chi connectivity index (χ4n) is 3.20. The van der Waals surface area contributed by atoms with Crippen LogP contribution < -0.4 is 15.5 Å². The zero-order valence-corrected chi connectivity index (χ0v) is 18.3. The lowest BCUT2D eigenvalue weighted by molar-refractivity contribution is -0.123. The van der Waals surface area contributed by atoms with E-state index >= 15 is 0 Å². The average molecular weight is 414 g/mol. The number of nitrogens with zero attached hydrogens (tertiary/aromatic N) is 1. The lowest BCUT2D eigenvalue weighted by Gasteiger charge is -2.19. The van der Waals surface area contributed by atoms with Crippen molar-refractivity contribution in [3.05, 3.63) is 40.3 Å². The van der Waals surface area contributed by atoms with Crippen molar-refractivity contribution in [2.45, 2.75) is 47.5 Å². The molecule has 2 heterocycles. The van der Waals surface area contributed by atoms with Crippen LogP contribution in [0.2, 0.25) is 0 Å². The number of hydrogen-bond donors (Lipinski definition) is 2. The number of amides is 3. The minimum absolute atomic E-state index is 0.0895. The molecule has 1 fully saturated rings. The molecule has 2 N–H and O–H groups in total. The monoisotopic (exact) mass is 413 g/mol. The Morgan fingerprint density at radius 3 is 2.38 bits per heavy atom. The number of aryl methyl sites for hydroxylation is 2. The molecule has 1 aliphatic heterocycles. The van der Waals surface area contributed by atoms with E-state index in [1.54, 1.807) is 4.90 Å². The van der Waals surface area contributed by atoms with E-state index < -0.39 is 5.41 Å². The zero-order valence-electron chi connectivity index (χ0n) is 17.5. The van der Waals surface area contributed by atoms with E-state index in [1.165, 1.54) is 11.3 Å². The van der Waals surface area contributed by atoms with Crippen LogP contribution in [-0.2, 0) is 9.59 Å². The van der Waals surface area contributed by atoms with Crippen LogP contribution >= 0.6 is 11.3 Å². The number of hydrogen-bond acceptors (Lipinski definition) is 4. The highest BCUT2D eigenvalue weighted by Crippen LogP contribution is 2.31. The van der Waals surface area contributed by atoms with Crippen LogP contribution in [-0.4, -0.2) is 24.3 Å². The van der Waals surface area contributed by atoms with Gasteiger partial charge in [-0.1, -0.05) is 20.8 Å². The van der Waals surface area contributed by atoms with E-state index in [1.807, 2.05) is 58.9 Å². The molecule has 3 rings (SSSR count). The number of carbonyl (C=O) groups excluding carboxylic acids is 3. The largest absolute Gasteiger partial charge is 0.321 e. The third-order valence-electron chi connectivity index (χ3n) is 4.86.